The van der Waals surface area contributed by atoms with Crippen molar-refractivity contribution < 1.29 is 4.42 Å². The first-order chi connectivity index (χ1) is 8.83. The fourth-order valence-corrected chi connectivity index (χ4v) is 2.27. The van der Waals surface area contributed by atoms with Crippen LogP contribution in [0.3, 0.4) is 0 Å². The molecule has 1 saturated heterocycles. The molecule has 1 aromatic carbocycles. The molecule has 4 heteroatoms. The third-order valence-electron chi connectivity index (χ3n) is 3.39. The van der Waals surface area contributed by atoms with Gasteiger partial charge in [0.25, 0.3) is 0 Å². The van der Waals surface area contributed by atoms with Gasteiger partial charge < -0.3 is 9.73 Å². The van der Waals surface area contributed by atoms with Gasteiger partial charge in [0.15, 0.2) is 0 Å². The van der Waals surface area contributed by atoms with Crippen molar-refractivity contribution in [3.63, 3.8) is 0 Å². The van der Waals surface area contributed by atoms with Crippen LogP contribution in [0.5, 0.6) is 0 Å². The normalized spacial score (nSPS) is 19.9. The molecule has 1 fully saturated rings. The van der Waals surface area contributed by atoms with E-state index >= 15 is 0 Å². The van der Waals surface area contributed by atoms with Crippen LogP contribution in [0.25, 0.3) is 11.5 Å². The molecule has 0 radical (unpaired) electrons. The van der Waals surface area contributed by atoms with Crippen molar-refractivity contribution in [3.05, 3.63) is 35.7 Å². The Labute approximate surface area is 106 Å². The maximum atomic E-state index is 5.79. The number of hydrogen-bond acceptors (Lipinski definition) is 4. The van der Waals surface area contributed by atoms with Gasteiger partial charge in [-0.25, -0.2) is 0 Å². The van der Waals surface area contributed by atoms with Crippen molar-refractivity contribution in [2.24, 2.45) is 0 Å². The third-order valence-corrected chi connectivity index (χ3v) is 3.39. The summed E-state index contributed by atoms with van der Waals surface area (Å²) >= 11 is 0. The molecule has 0 aliphatic carbocycles. The number of benzene rings is 1. The first kappa shape index (κ1) is 11.4. The van der Waals surface area contributed by atoms with E-state index < -0.39 is 0 Å². The Morgan fingerprint density at radius 2 is 2.06 bits per heavy atom. The van der Waals surface area contributed by atoms with Crippen molar-refractivity contribution in [2.75, 3.05) is 13.1 Å². The van der Waals surface area contributed by atoms with Gasteiger partial charge in [0, 0.05) is 18.0 Å². The molecule has 1 aromatic heterocycles. The van der Waals surface area contributed by atoms with Crippen molar-refractivity contribution in [2.45, 2.75) is 25.7 Å². The Bertz CT molecular complexity index is 512. The van der Waals surface area contributed by atoms with E-state index in [4.69, 9.17) is 4.42 Å². The molecular formula is C14H17N3O. The van der Waals surface area contributed by atoms with Crippen LogP contribution in [0.1, 0.15) is 30.2 Å². The van der Waals surface area contributed by atoms with Gasteiger partial charge in [0.2, 0.25) is 11.8 Å². The van der Waals surface area contributed by atoms with E-state index in [2.05, 4.69) is 34.6 Å². The number of piperidine rings is 1. The number of aryl methyl sites for hydroxylation is 1. The van der Waals surface area contributed by atoms with Crippen molar-refractivity contribution >= 4 is 0 Å². The molecular weight excluding hydrogens is 226 g/mol. The summed E-state index contributed by atoms with van der Waals surface area (Å²) in [6.45, 7) is 4.10. The Hall–Kier alpha value is -1.68. The van der Waals surface area contributed by atoms with E-state index in [9.17, 15) is 0 Å². The van der Waals surface area contributed by atoms with E-state index in [0.29, 0.717) is 11.8 Å². The largest absolute Gasteiger partial charge is 0.420 e. The van der Waals surface area contributed by atoms with Crippen molar-refractivity contribution in [1.29, 1.82) is 0 Å². The van der Waals surface area contributed by atoms with Crippen molar-refractivity contribution in [3.8, 4) is 11.5 Å². The van der Waals surface area contributed by atoms with E-state index in [1.165, 1.54) is 12.0 Å². The lowest BCUT2D eigenvalue weighted by Crippen LogP contribution is -2.28. The van der Waals surface area contributed by atoms with E-state index in [-0.39, 0.29) is 0 Å². The summed E-state index contributed by atoms with van der Waals surface area (Å²) < 4.78 is 5.79. The SMILES string of the molecule is Cc1ccc(-c2nnc(C3CCCNC3)o2)cc1. The zero-order valence-corrected chi connectivity index (χ0v) is 10.5. The molecule has 1 unspecified atom stereocenters. The minimum atomic E-state index is 0.366. The zero-order chi connectivity index (χ0) is 12.4. The monoisotopic (exact) mass is 243 g/mol. The van der Waals surface area contributed by atoms with Crippen molar-refractivity contribution in [1.82, 2.24) is 15.5 Å². The standard InChI is InChI=1S/C14H17N3O/c1-10-4-6-11(7-5-10)13-16-17-14(18-13)12-3-2-8-15-9-12/h4-7,12,15H,2-3,8-9H2,1H3. The average Bonchev–Trinajstić information content (AvgIpc) is 2.90. The lowest BCUT2D eigenvalue weighted by Gasteiger charge is -2.18. The molecule has 1 N–H and O–H groups in total. The number of aromatic nitrogens is 2. The van der Waals surface area contributed by atoms with Gasteiger partial charge in [-0.1, -0.05) is 17.7 Å². The number of rotatable bonds is 2. The predicted molar refractivity (Wildman–Crippen MR) is 69.3 cm³/mol. The lowest BCUT2D eigenvalue weighted by molar-refractivity contribution is 0.380. The Morgan fingerprint density at radius 3 is 2.78 bits per heavy atom. The van der Waals surface area contributed by atoms with Crippen LogP contribution in [0.15, 0.2) is 28.7 Å². The van der Waals surface area contributed by atoms with E-state index in [1.807, 2.05) is 12.1 Å². The van der Waals surface area contributed by atoms with Gasteiger partial charge in [-0.3, -0.25) is 0 Å². The smallest absolute Gasteiger partial charge is 0.247 e. The molecule has 3 rings (SSSR count). The molecule has 0 amide bonds. The number of hydrogen-bond donors (Lipinski definition) is 1. The Morgan fingerprint density at radius 1 is 1.22 bits per heavy atom. The second-order valence-electron chi connectivity index (χ2n) is 4.85. The second-order valence-corrected chi connectivity index (χ2v) is 4.85. The maximum absolute atomic E-state index is 5.79. The van der Waals surface area contributed by atoms with E-state index in [1.54, 1.807) is 0 Å². The zero-order valence-electron chi connectivity index (χ0n) is 10.5. The molecule has 4 nitrogen and oxygen atoms in total. The maximum Gasteiger partial charge on any atom is 0.247 e. The van der Waals surface area contributed by atoms with Gasteiger partial charge in [-0.05, 0) is 38.4 Å². The average molecular weight is 243 g/mol. The van der Waals surface area contributed by atoms with Gasteiger partial charge in [-0.2, -0.15) is 0 Å². The molecule has 2 heterocycles. The fraction of sp³-hybridized carbons (Fsp3) is 0.429. The summed E-state index contributed by atoms with van der Waals surface area (Å²) in [5.74, 6) is 1.75. The summed E-state index contributed by atoms with van der Waals surface area (Å²) in [4.78, 5) is 0. The summed E-state index contributed by atoms with van der Waals surface area (Å²) in [6, 6.07) is 8.15. The lowest BCUT2D eigenvalue weighted by atomic mass is 10.00. The first-order valence-corrected chi connectivity index (χ1v) is 6.44. The molecule has 0 bridgehead atoms. The number of nitrogens with one attached hydrogen (secondary N) is 1. The first-order valence-electron chi connectivity index (χ1n) is 6.44. The van der Waals surface area contributed by atoms with Gasteiger partial charge in [-0.15, -0.1) is 10.2 Å². The molecule has 1 aliphatic rings. The second kappa shape index (κ2) is 4.90. The predicted octanol–water partition coefficient (Wildman–Crippen LogP) is 2.51. The number of nitrogens with zero attached hydrogens (tertiary/aromatic N) is 2. The van der Waals surface area contributed by atoms with Crippen LogP contribution in [0.4, 0.5) is 0 Å². The minimum Gasteiger partial charge on any atom is -0.420 e. The molecule has 18 heavy (non-hydrogen) atoms. The summed E-state index contributed by atoms with van der Waals surface area (Å²) in [6.07, 6.45) is 2.30. The summed E-state index contributed by atoms with van der Waals surface area (Å²) in [5.41, 5.74) is 2.22. The topological polar surface area (TPSA) is 51.0 Å². The van der Waals surface area contributed by atoms with Crippen LogP contribution >= 0.6 is 0 Å². The van der Waals surface area contributed by atoms with Gasteiger partial charge in [0.05, 0.1) is 0 Å². The van der Waals surface area contributed by atoms with Crippen LogP contribution in [-0.4, -0.2) is 23.3 Å². The Kier molecular flexibility index (Phi) is 3.11. The molecule has 0 saturated carbocycles. The fourth-order valence-electron chi connectivity index (χ4n) is 2.27. The summed E-state index contributed by atoms with van der Waals surface area (Å²) in [5, 5.41) is 11.7. The van der Waals surface area contributed by atoms with Crippen LogP contribution < -0.4 is 5.32 Å². The van der Waals surface area contributed by atoms with Gasteiger partial charge in [0.1, 0.15) is 0 Å². The highest BCUT2D eigenvalue weighted by atomic mass is 16.4. The molecule has 1 atom stereocenters. The highest BCUT2D eigenvalue weighted by Gasteiger charge is 2.21. The van der Waals surface area contributed by atoms with Crippen LogP contribution in [0, 0.1) is 6.92 Å². The minimum absolute atomic E-state index is 0.366. The molecule has 0 spiro atoms. The highest BCUT2D eigenvalue weighted by molar-refractivity contribution is 5.52. The highest BCUT2D eigenvalue weighted by Crippen LogP contribution is 2.25. The van der Waals surface area contributed by atoms with E-state index in [0.717, 1.165) is 31.0 Å². The summed E-state index contributed by atoms with van der Waals surface area (Å²) in [7, 11) is 0. The molecule has 1 aliphatic heterocycles. The molecule has 94 valence electrons. The quantitative estimate of drug-likeness (QED) is 0.880. The molecule has 2 aromatic rings. The van der Waals surface area contributed by atoms with Crippen LogP contribution in [0.2, 0.25) is 0 Å². The van der Waals surface area contributed by atoms with Crippen LogP contribution in [-0.2, 0) is 0 Å². The third kappa shape index (κ3) is 2.29. The van der Waals surface area contributed by atoms with Gasteiger partial charge >= 0.3 is 0 Å². The Balaban J connectivity index is 1.82.